The minimum atomic E-state index is -1.19. The quantitative estimate of drug-likeness (QED) is 0.296. The van der Waals surface area contributed by atoms with Crippen LogP contribution in [0, 0.1) is 5.41 Å². The lowest BCUT2D eigenvalue weighted by Gasteiger charge is -2.35. The second kappa shape index (κ2) is 11.3. The summed E-state index contributed by atoms with van der Waals surface area (Å²) in [6.07, 6.45) is 0.261. The third kappa shape index (κ3) is 6.96. The summed E-state index contributed by atoms with van der Waals surface area (Å²) in [5, 5.41) is 12.4. The highest BCUT2D eigenvalue weighted by atomic mass is 16.6. The highest BCUT2D eigenvalue weighted by Crippen LogP contribution is 2.34. The van der Waals surface area contributed by atoms with Crippen LogP contribution in [0.5, 0.6) is 0 Å². The van der Waals surface area contributed by atoms with E-state index in [1.54, 1.807) is 27.8 Å². The summed E-state index contributed by atoms with van der Waals surface area (Å²) in [6.45, 7) is 12.1. The van der Waals surface area contributed by atoms with Crippen LogP contribution in [0.1, 0.15) is 33.6 Å². The van der Waals surface area contributed by atoms with Crippen molar-refractivity contribution in [3.05, 3.63) is 35.8 Å². The van der Waals surface area contributed by atoms with Crippen LogP contribution in [0.2, 0.25) is 0 Å². The largest absolute Gasteiger partial charge is 0.469 e. The number of hydrogen-bond donors (Lipinski definition) is 0. The molecule has 1 radical (unpaired) electrons. The van der Waals surface area contributed by atoms with Crippen LogP contribution in [-0.4, -0.2) is 69.0 Å². The topological polar surface area (TPSA) is 96.0 Å². The lowest BCUT2D eigenvalue weighted by molar-refractivity contribution is -0.155. The molecule has 1 atom stereocenters. The van der Waals surface area contributed by atoms with Gasteiger partial charge in [-0.05, 0) is 26.7 Å². The summed E-state index contributed by atoms with van der Waals surface area (Å²) in [5.41, 5.74) is -0.330. The number of carbonyl (C=O) groups is 3. The maximum absolute atomic E-state index is 12.7. The summed E-state index contributed by atoms with van der Waals surface area (Å²) >= 11 is 0. The van der Waals surface area contributed by atoms with E-state index < -0.39 is 17.3 Å². The molecule has 1 unspecified atom stereocenters. The molecule has 0 heterocycles. The number of nitrogens with zero attached hydrogens (tertiary/aromatic N) is 2. The van der Waals surface area contributed by atoms with Gasteiger partial charge in [-0.15, -0.1) is 0 Å². The third-order valence-corrected chi connectivity index (χ3v) is 4.71. The predicted molar refractivity (Wildman–Crippen MR) is 109 cm³/mol. The highest BCUT2D eigenvalue weighted by molar-refractivity contribution is 5.93. The minimum Gasteiger partial charge on any atom is -0.469 e. The summed E-state index contributed by atoms with van der Waals surface area (Å²) in [6, 6.07) is 0. The number of rotatable bonds is 11. The second-order valence-electron chi connectivity index (χ2n) is 7.28. The average molecular weight is 410 g/mol. The SMILES string of the molecule is C=C(C)C(=O)N(C)CC(CC(CC)(CN(C)C(=O)C(=C)C)C(=O)OC)=C([O])OC. The van der Waals surface area contributed by atoms with E-state index in [1.807, 2.05) is 0 Å². The van der Waals surface area contributed by atoms with Gasteiger partial charge in [-0.3, -0.25) is 14.4 Å². The van der Waals surface area contributed by atoms with Crippen molar-refractivity contribution >= 4 is 17.8 Å². The summed E-state index contributed by atoms with van der Waals surface area (Å²) in [4.78, 5) is 39.9. The Morgan fingerprint density at radius 1 is 0.931 bits per heavy atom. The van der Waals surface area contributed by atoms with E-state index >= 15 is 0 Å². The van der Waals surface area contributed by atoms with Crippen LogP contribution < -0.4 is 0 Å². The number of hydrogen-bond acceptors (Lipinski definition) is 5. The molecule has 0 spiro atoms. The molecule has 0 aliphatic heterocycles. The van der Waals surface area contributed by atoms with Gasteiger partial charge in [0.05, 0.1) is 19.6 Å². The number of methoxy groups -OCH3 is 2. The normalized spacial score (nSPS) is 13.5. The molecule has 0 bridgehead atoms. The molecule has 29 heavy (non-hydrogen) atoms. The van der Waals surface area contributed by atoms with Crippen molar-refractivity contribution in [1.29, 1.82) is 0 Å². The van der Waals surface area contributed by atoms with Gasteiger partial charge >= 0.3 is 11.9 Å². The Morgan fingerprint density at radius 3 is 1.79 bits per heavy atom. The van der Waals surface area contributed by atoms with E-state index in [-0.39, 0.29) is 36.9 Å². The highest BCUT2D eigenvalue weighted by Gasteiger charge is 2.42. The smallest absolute Gasteiger partial charge is 0.331 e. The Kier molecular flexibility index (Phi) is 10.2. The first-order chi connectivity index (χ1) is 13.4. The molecule has 0 aliphatic carbocycles. The van der Waals surface area contributed by atoms with Crippen LogP contribution in [0.25, 0.3) is 0 Å². The van der Waals surface area contributed by atoms with Gasteiger partial charge in [0.15, 0.2) is 0 Å². The van der Waals surface area contributed by atoms with Gasteiger partial charge in [-0.25, -0.2) is 5.11 Å². The number of amides is 2. The van der Waals surface area contributed by atoms with Crippen LogP contribution in [0.3, 0.4) is 0 Å². The molecule has 0 saturated heterocycles. The fourth-order valence-electron chi connectivity index (χ4n) is 3.07. The Hall–Kier alpha value is -2.77. The first kappa shape index (κ1) is 26.2. The molecule has 8 nitrogen and oxygen atoms in total. The minimum absolute atomic E-state index is 0.0144. The predicted octanol–water partition coefficient (Wildman–Crippen LogP) is 2.30. The average Bonchev–Trinajstić information content (AvgIpc) is 2.69. The second-order valence-corrected chi connectivity index (χ2v) is 7.28. The number of esters is 1. The zero-order valence-corrected chi connectivity index (χ0v) is 18.6. The molecule has 0 fully saturated rings. The van der Waals surface area contributed by atoms with Crippen LogP contribution in [0.15, 0.2) is 35.8 Å². The molecule has 2 amide bonds. The van der Waals surface area contributed by atoms with E-state index in [0.29, 0.717) is 17.6 Å². The van der Waals surface area contributed by atoms with Crippen LogP contribution in [0.4, 0.5) is 0 Å². The first-order valence-corrected chi connectivity index (χ1v) is 9.20. The van der Waals surface area contributed by atoms with E-state index in [0.717, 1.165) is 0 Å². The van der Waals surface area contributed by atoms with E-state index in [9.17, 15) is 19.5 Å². The number of likely N-dealkylation sites (N-methyl/N-ethyl adjacent to an activating group) is 2. The van der Waals surface area contributed by atoms with Crippen molar-refractivity contribution < 1.29 is 29.0 Å². The lowest BCUT2D eigenvalue weighted by atomic mass is 9.78. The van der Waals surface area contributed by atoms with Crippen LogP contribution >= 0.6 is 0 Å². The molecule has 0 rings (SSSR count). The summed E-state index contributed by atoms with van der Waals surface area (Å²) in [7, 11) is 5.56. The van der Waals surface area contributed by atoms with Gasteiger partial charge in [-0.2, -0.15) is 0 Å². The molecule has 0 aromatic heterocycles. The monoisotopic (exact) mass is 409 g/mol. The van der Waals surface area contributed by atoms with Crippen molar-refractivity contribution in [3.8, 4) is 0 Å². The van der Waals surface area contributed by atoms with Gasteiger partial charge in [-0.1, -0.05) is 20.1 Å². The van der Waals surface area contributed by atoms with Gasteiger partial charge in [0, 0.05) is 43.9 Å². The van der Waals surface area contributed by atoms with Crippen molar-refractivity contribution in [2.24, 2.45) is 5.41 Å². The molecule has 8 heteroatoms. The maximum atomic E-state index is 12.7. The van der Waals surface area contributed by atoms with E-state index in [1.165, 1.54) is 31.1 Å². The standard InChI is InChI=1S/C21H33N2O6/c1-10-21(20(27)29-9,13-23(7)18(25)15(4)5)11-16(19(26)28-8)12-22(6)17(24)14(2)3/h2,4,10-13H2,1,3,5-9H3. The van der Waals surface area contributed by atoms with Gasteiger partial charge in [0.2, 0.25) is 11.8 Å². The van der Waals surface area contributed by atoms with Gasteiger partial charge in [0.25, 0.3) is 0 Å². The van der Waals surface area contributed by atoms with Crippen LogP contribution in [-0.2, 0) is 29.0 Å². The molecule has 0 aromatic rings. The molecule has 0 aromatic carbocycles. The number of ether oxygens (including phenoxy) is 2. The molecule has 163 valence electrons. The summed E-state index contributed by atoms with van der Waals surface area (Å²) in [5.74, 6) is -1.85. The summed E-state index contributed by atoms with van der Waals surface area (Å²) < 4.78 is 9.86. The Bertz CT molecular complexity index is 697. The van der Waals surface area contributed by atoms with E-state index in [4.69, 9.17) is 9.47 Å². The molecule has 0 aliphatic rings. The molecular formula is C21H33N2O6. The van der Waals surface area contributed by atoms with Crippen molar-refractivity contribution in [2.45, 2.75) is 33.6 Å². The molecule has 0 saturated carbocycles. The molecule has 0 N–H and O–H groups in total. The Balaban J connectivity index is 6.05. The fourth-order valence-corrected chi connectivity index (χ4v) is 3.07. The van der Waals surface area contributed by atoms with Gasteiger partial charge in [0.1, 0.15) is 0 Å². The third-order valence-electron chi connectivity index (χ3n) is 4.71. The van der Waals surface area contributed by atoms with Crippen molar-refractivity contribution in [1.82, 2.24) is 9.80 Å². The maximum Gasteiger partial charge on any atom is 0.331 e. The fraction of sp³-hybridized carbons (Fsp3) is 0.571. The lowest BCUT2D eigenvalue weighted by Crippen LogP contribution is -2.45. The molecular weight excluding hydrogens is 376 g/mol. The first-order valence-electron chi connectivity index (χ1n) is 9.20. The zero-order valence-electron chi connectivity index (χ0n) is 18.6. The van der Waals surface area contributed by atoms with E-state index in [2.05, 4.69) is 13.2 Å². The zero-order chi connectivity index (χ0) is 22.9. The van der Waals surface area contributed by atoms with Gasteiger partial charge < -0.3 is 19.3 Å². The number of carbonyl (C=O) groups excluding carboxylic acids is 3. The Labute approximate surface area is 173 Å². The Morgan fingerprint density at radius 2 is 1.41 bits per heavy atom. The van der Waals surface area contributed by atoms with Crippen molar-refractivity contribution in [2.75, 3.05) is 41.4 Å². The van der Waals surface area contributed by atoms with Crippen molar-refractivity contribution in [3.63, 3.8) is 0 Å².